The van der Waals surface area contributed by atoms with Gasteiger partial charge in [0.1, 0.15) is 5.54 Å². The van der Waals surface area contributed by atoms with Crippen molar-refractivity contribution >= 4 is 52.5 Å². The summed E-state index contributed by atoms with van der Waals surface area (Å²) in [5.41, 5.74) is -0.925. The second-order valence-corrected chi connectivity index (χ2v) is 5.79. The lowest BCUT2D eigenvalue weighted by Crippen LogP contribution is -2.60. The number of anilines is 1. The van der Waals surface area contributed by atoms with E-state index in [1.54, 1.807) is 0 Å². The Hall–Kier alpha value is -1.17. The van der Waals surface area contributed by atoms with Crippen LogP contribution in [-0.2, 0) is 4.79 Å². The first-order chi connectivity index (χ1) is 9.34. The van der Waals surface area contributed by atoms with Crippen LogP contribution in [0.4, 0.5) is 10.5 Å². The molecule has 108 valence electrons. The van der Waals surface area contributed by atoms with Gasteiger partial charge in [-0.05, 0) is 31.4 Å². The number of carboxylic acid groups (broad SMARTS) is 1. The Labute approximate surface area is 130 Å². The predicted molar refractivity (Wildman–Crippen MR) is 77.8 cm³/mol. The molecule has 0 atom stereocenters. The summed E-state index contributed by atoms with van der Waals surface area (Å²) in [6, 6.07) is 2.16. The zero-order chi connectivity index (χ0) is 14.9. The lowest BCUT2D eigenvalue weighted by atomic mass is 9.77. The molecule has 0 unspecified atom stereocenters. The van der Waals surface area contributed by atoms with Crippen LogP contribution in [0.3, 0.4) is 0 Å². The van der Waals surface area contributed by atoms with Gasteiger partial charge in [0.15, 0.2) is 0 Å². The fourth-order valence-electron chi connectivity index (χ4n) is 1.91. The van der Waals surface area contributed by atoms with Crippen LogP contribution in [0.5, 0.6) is 0 Å². The van der Waals surface area contributed by atoms with Gasteiger partial charge < -0.3 is 15.7 Å². The Morgan fingerprint density at radius 3 is 2.20 bits per heavy atom. The minimum atomic E-state index is -1.19. The standard InChI is InChI=1S/C12H11Cl3N2O3/c13-6-4-8(15)9(5-7(6)14)16-11(20)17-12(10(18)19)2-1-3-12/h4-5H,1-3H2,(H,18,19)(H2,16,17,20). The van der Waals surface area contributed by atoms with Crippen LogP contribution in [-0.4, -0.2) is 22.6 Å². The maximum atomic E-state index is 11.9. The highest BCUT2D eigenvalue weighted by Gasteiger charge is 2.45. The molecule has 0 saturated heterocycles. The van der Waals surface area contributed by atoms with Crippen molar-refractivity contribution < 1.29 is 14.7 Å². The number of hydrogen-bond donors (Lipinski definition) is 3. The summed E-state index contributed by atoms with van der Waals surface area (Å²) in [5, 5.41) is 14.8. The van der Waals surface area contributed by atoms with Crippen LogP contribution in [0.25, 0.3) is 0 Å². The van der Waals surface area contributed by atoms with Crippen LogP contribution >= 0.6 is 34.8 Å². The number of hydrogen-bond acceptors (Lipinski definition) is 2. The number of rotatable bonds is 3. The molecule has 20 heavy (non-hydrogen) atoms. The molecule has 5 nitrogen and oxygen atoms in total. The molecule has 1 aromatic carbocycles. The number of urea groups is 1. The van der Waals surface area contributed by atoms with Crippen LogP contribution in [0.1, 0.15) is 19.3 Å². The van der Waals surface area contributed by atoms with E-state index in [0.29, 0.717) is 12.8 Å². The van der Waals surface area contributed by atoms with E-state index in [0.717, 1.165) is 6.42 Å². The molecule has 1 saturated carbocycles. The van der Waals surface area contributed by atoms with Gasteiger partial charge in [-0.25, -0.2) is 9.59 Å². The van der Waals surface area contributed by atoms with Gasteiger partial charge in [0.05, 0.1) is 20.8 Å². The smallest absolute Gasteiger partial charge is 0.329 e. The second kappa shape index (κ2) is 5.68. The van der Waals surface area contributed by atoms with Gasteiger partial charge in [0, 0.05) is 0 Å². The maximum absolute atomic E-state index is 11.9. The number of amides is 2. The van der Waals surface area contributed by atoms with Gasteiger partial charge in [-0.2, -0.15) is 0 Å². The molecule has 0 radical (unpaired) electrons. The third-order valence-corrected chi connectivity index (χ3v) is 4.26. The molecular weight excluding hydrogens is 327 g/mol. The first kappa shape index (κ1) is 15.2. The molecule has 2 rings (SSSR count). The lowest BCUT2D eigenvalue weighted by Gasteiger charge is -2.38. The van der Waals surface area contributed by atoms with Crippen molar-refractivity contribution in [1.82, 2.24) is 5.32 Å². The number of aliphatic carboxylic acids is 1. The minimum Gasteiger partial charge on any atom is -0.480 e. The van der Waals surface area contributed by atoms with E-state index in [1.165, 1.54) is 12.1 Å². The number of carbonyl (C=O) groups excluding carboxylic acids is 1. The zero-order valence-electron chi connectivity index (χ0n) is 10.2. The Kier molecular flexibility index (Phi) is 4.32. The Balaban J connectivity index is 2.09. The van der Waals surface area contributed by atoms with E-state index in [4.69, 9.17) is 39.9 Å². The largest absolute Gasteiger partial charge is 0.480 e. The molecule has 3 N–H and O–H groups in total. The Morgan fingerprint density at radius 2 is 1.70 bits per heavy atom. The third-order valence-electron chi connectivity index (χ3n) is 3.23. The van der Waals surface area contributed by atoms with Crippen molar-refractivity contribution in [1.29, 1.82) is 0 Å². The zero-order valence-corrected chi connectivity index (χ0v) is 12.4. The monoisotopic (exact) mass is 336 g/mol. The molecule has 0 aliphatic heterocycles. The van der Waals surface area contributed by atoms with Crippen LogP contribution < -0.4 is 10.6 Å². The number of benzene rings is 1. The molecule has 0 bridgehead atoms. The van der Waals surface area contributed by atoms with E-state index >= 15 is 0 Å². The number of nitrogens with one attached hydrogen (secondary N) is 2. The van der Waals surface area contributed by atoms with Crippen molar-refractivity contribution in [3.05, 3.63) is 27.2 Å². The summed E-state index contributed by atoms with van der Waals surface area (Å²) < 4.78 is 0. The topological polar surface area (TPSA) is 78.4 Å². The molecule has 1 aliphatic rings. The quantitative estimate of drug-likeness (QED) is 0.735. The summed E-state index contributed by atoms with van der Waals surface area (Å²) in [7, 11) is 0. The summed E-state index contributed by atoms with van der Waals surface area (Å²) in [6.45, 7) is 0. The Morgan fingerprint density at radius 1 is 1.10 bits per heavy atom. The van der Waals surface area contributed by atoms with Gasteiger partial charge in [-0.3, -0.25) is 0 Å². The predicted octanol–water partition coefficient (Wildman–Crippen LogP) is 3.78. The van der Waals surface area contributed by atoms with Gasteiger partial charge >= 0.3 is 12.0 Å². The summed E-state index contributed by atoms with van der Waals surface area (Å²) in [4.78, 5) is 23.0. The molecule has 0 heterocycles. The van der Waals surface area contributed by atoms with E-state index in [1.807, 2.05) is 0 Å². The van der Waals surface area contributed by atoms with Crippen molar-refractivity contribution in [2.45, 2.75) is 24.8 Å². The van der Waals surface area contributed by atoms with Gasteiger partial charge in [-0.1, -0.05) is 34.8 Å². The Bertz CT molecular complexity index is 573. The number of carboxylic acids is 1. The molecule has 0 aromatic heterocycles. The lowest BCUT2D eigenvalue weighted by molar-refractivity contribution is -0.148. The second-order valence-electron chi connectivity index (χ2n) is 4.57. The molecule has 2 amide bonds. The highest BCUT2D eigenvalue weighted by Crippen LogP contribution is 2.34. The first-order valence-electron chi connectivity index (χ1n) is 5.81. The average Bonchev–Trinajstić information content (AvgIpc) is 2.30. The summed E-state index contributed by atoms with van der Waals surface area (Å²) in [5.74, 6) is -1.04. The number of carbonyl (C=O) groups is 2. The summed E-state index contributed by atoms with van der Waals surface area (Å²) in [6.07, 6.45) is 1.58. The first-order valence-corrected chi connectivity index (χ1v) is 6.94. The van der Waals surface area contributed by atoms with Gasteiger partial charge in [0.2, 0.25) is 0 Å². The van der Waals surface area contributed by atoms with Gasteiger partial charge in [0.25, 0.3) is 0 Å². The van der Waals surface area contributed by atoms with E-state index in [2.05, 4.69) is 10.6 Å². The molecule has 8 heteroatoms. The van der Waals surface area contributed by atoms with E-state index < -0.39 is 17.5 Å². The molecule has 0 spiro atoms. The van der Waals surface area contributed by atoms with Crippen molar-refractivity contribution in [3.63, 3.8) is 0 Å². The maximum Gasteiger partial charge on any atom is 0.329 e. The highest BCUT2D eigenvalue weighted by atomic mass is 35.5. The minimum absolute atomic E-state index is 0.215. The van der Waals surface area contributed by atoms with E-state index in [-0.39, 0.29) is 20.8 Å². The molecular formula is C12H11Cl3N2O3. The molecule has 1 fully saturated rings. The van der Waals surface area contributed by atoms with Crippen LogP contribution in [0.2, 0.25) is 15.1 Å². The number of halogens is 3. The average molecular weight is 338 g/mol. The van der Waals surface area contributed by atoms with Gasteiger partial charge in [-0.15, -0.1) is 0 Å². The van der Waals surface area contributed by atoms with Crippen LogP contribution in [0, 0.1) is 0 Å². The van der Waals surface area contributed by atoms with Crippen molar-refractivity contribution in [3.8, 4) is 0 Å². The fourth-order valence-corrected chi connectivity index (χ4v) is 2.51. The normalized spacial score (nSPS) is 16.1. The fraction of sp³-hybridized carbons (Fsp3) is 0.333. The van der Waals surface area contributed by atoms with Crippen molar-refractivity contribution in [2.24, 2.45) is 0 Å². The molecule has 1 aliphatic carbocycles. The molecule has 1 aromatic rings. The van der Waals surface area contributed by atoms with Crippen molar-refractivity contribution in [2.75, 3.05) is 5.32 Å². The highest BCUT2D eigenvalue weighted by molar-refractivity contribution is 6.44. The van der Waals surface area contributed by atoms with Crippen LogP contribution in [0.15, 0.2) is 12.1 Å². The third kappa shape index (κ3) is 2.95. The van der Waals surface area contributed by atoms with E-state index in [9.17, 15) is 9.59 Å². The summed E-state index contributed by atoms with van der Waals surface area (Å²) >= 11 is 17.5. The SMILES string of the molecule is O=C(Nc1cc(Cl)c(Cl)cc1Cl)NC1(C(=O)O)CCC1.